The van der Waals surface area contributed by atoms with Gasteiger partial charge < -0.3 is 18.9 Å². The van der Waals surface area contributed by atoms with E-state index in [-0.39, 0.29) is 25.8 Å². The molecule has 0 aliphatic rings. The van der Waals surface area contributed by atoms with Crippen LogP contribution in [0.25, 0.3) is 0 Å². The van der Waals surface area contributed by atoms with E-state index in [4.69, 9.17) is 18.5 Å². The summed E-state index contributed by atoms with van der Waals surface area (Å²) in [6, 6.07) is 0. The highest BCUT2D eigenvalue weighted by Crippen LogP contribution is 2.43. The first kappa shape index (κ1) is 48.7. The second-order valence-corrected chi connectivity index (χ2v) is 16.1. The average Bonchev–Trinajstić information content (AvgIpc) is 3.06. The third-order valence-corrected chi connectivity index (χ3v) is 9.44. The van der Waals surface area contributed by atoms with Crippen LogP contribution in [0.1, 0.15) is 162 Å². The monoisotopic (exact) mass is 729 g/mol. The number of hydrogen-bond acceptors (Lipinski definition) is 6. The van der Waals surface area contributed by atoms with Crippen molar-refractivity contribution in [3.8, 4) is 0 Å². The Morgan fingerprint density at radius 1 is 0.620 bits per heavy atom. The van der Waals surface area contributed by atoms with Crippen LogP contribution in [-0.4, -0.2) is 75.6 Å². The highest BCUT2D eigenvalue weighted by molar-refractivity contribution is 7.47. The van der Waals surface area contributed by atoms with Crippen molar-refractivity contribution in [2.45, 2.75) is 168 Å². The Labute approximate surface area is 308 Å². The molecule has 0 aromatic carbocycles. The summed E-state index contributed by atoms with van der Waals surface area (Å²) < 4.78 is 34.7. The Bertz CT molecular complexity index is 900. The molecule has 0 bridgehead atoms. The number of quaternary nitrogens is 1. The van der Waals surface area contributed by atoms with Gasteiger partial charge in [-0.25, -0.2) is 4.57 Å². The molecule has 0 spiro atoms. The fraction of sp³-hybridized carbons (Fsp3) is 0.829. The minimum atomic E-state index is -4.26. The Balaban J connectivity index is 4.09. The lowest BCUT2D eigenvalue weighted by atomic mass is 10.1. The van der Waals surface area contributed by atoms with Crippen LogP contribution in [0.3, 0.4) is 0 Å². The molecule has 294 valence electrons. The molecule has 0 saturated heterocycles. The summed E-state index contributed by atoms with van der Waals surface area (Å²) in [6.45, 7) is 5.52. The molecule has 8 nitrogen and oxygen atoms in total. The number of phosphoric ester groups is 1. The van der Waals surface area contributed by atoms with E-state index in [1.165, 1.54) is 89.9 Å². The maximum Gasteiger partial charge on any atom is 0.472 e. The summed E-state index contributed by atoms with van der Waals surface area (Å²) in [4.78, 5) is 22.6. The molecule has 9 heteroatoms. The summed E-state index contributed by atoms with van der Waals surface area (Å²) in [5.74, 6) is -0.328. The first-order valence-corrected chi connectivity index (χ1v) is 21.7. The number of phosphoric acid groups is 1. The fourth-order valence-electron chi connectivity index (χ4n) is 5.26. The van der Waals surface area contributed by atoms with Gasteiger partial charge in [-0.15, -0.1) is 0 Å². The second-order valence-electron chi connectivity index (χ2n) is 14.7. The number of esters is 1. The Hall–Kier alpha value is -1.28. The topological polar surface area (TPSA) is 91.3 Å². The molecule has 0 aromatic rings. The number of unbranched alkanes of at least 4 members (excludes halogenated alkanes) is 17. The van der Waals surface area contributed by atoms with Crippen molar-refractivity contribution in [3.63, 3.8) is 0 Å². The van der Waals surface area contributed by atoms with Gasteiger partial charge >= 0.3 is 13.8 Å². The van der Waals surface area contributed by atoms with E-state index >= 15 is 0 Å². The van der Waals surface area contributed by atoms with Crippen molar-refractivity contribution < 1.29 is 37.3 Å². The quantitative estimate of drug-likeness (QED) is 0.0224. The molecule has 2 atom stereocenters. The SMILES string of the molecule is CCCCCCC/C=C\C/C=C\C/C=C\CCCCCCCCCOCC(COP(=O)(O)OCC[N+](C)(C)C)OC(=O)CCCCCCCC. The van der Waals surface area contributed by atoms with Crippen molar-refractivity contribution >= 4 is 13.8 Å². The average molecular weight is 729 g/mol. The Morgan fingerprint density at radius 2 is 1.10 bits per heavy atom. The first-order valence-electron chi connectivity index (χ1n) is 20.2. The number of ether oxygens (including phenoxy) is 2. The largest absolute Gasteiger partial charge is 0.472 e. The Kier molecular flexibility index (Phi) is 33.9. The van der Waals surface area contributed by atoms with Gasteiger partial charge in [0.05, 0.1) is 34.4 Å². The zero-order valence-electron chi connectivity index (χ0n) is 33.1. The highest BCUT2D eigenvalue weighted by atomic mass is 31.2. The molecule has 2 unspecified atom stereocenters. The lowest BCUT2D eigenvalue weighted by Gasteiger charge is -2.24. The number of carbonyl (C=O) groups is 1. The molecule has 0 aliphatic carbocycles. The number of rotatable bonds is 37. The second kappa shape index (κ2) is 34.8. The number of likely N-dealkylation sites (N-methyl/N-ethyl adjacent to an activating group) is 1. The van der Waals surface area contributed by atoms with Gasteiger partial charge in [0.15, 0.2) is 0 Å². The molecule has 0 aromatic heterocycles. The lowest BCUT2D eigenvalue weighted by molar-refractivity contribution is -0.870. The highest BCUT2D eigenvalue weighted by Gasteiger charge is 2.26. The van der Waals surface area contributed by atoms with Crippen molar-refractivity contribution in [1.29, 1.82) is 0 Å². The number of nitrogens with zero attached hydrogens (tertiary/aromatic N) is 1. The molecule has 0 amide bonds. The maximum absolute atomic E-state index is 12.5. The normalized spacial score (nSPS) is 14.3. The van der Waals surface area contributed by atoms with E-state index in [1.807, 2.05) is 21.1 Å². The number of allylic oxidation sites excluding steroid dienone is 6. The third-order valence-electron chi connectivity index (χ3n) is 8.45. The predicted octanol–water partition coefficient (Wildman–Crippen LogP) is 11.4. The molecule has 1 N–H and O–H groups in total. The van der Waals surface area contributed by atoms with Crippen LogP contribution in [0.15, 0.2) is 36.5 Å². The number of carbonyl (C=O) groups excluding carboxylic acids is 1. The number of hydrogen-bond donors (Lipinski definition) is 1. The summed E-state index contributed by atoms with van der Waals surface area (Å²) in [5.41, 5.74) is 0. The lowest BCUT2D eigenvalue weighted by Crippen LogP contribution is -2.37. The van der Waals surface area contributed by atoms with Crippen LogP contribution in [0.4, 0.5) is 0 Å². The van der Waals surface area contributed by atoms with Gasteiger partial charge in [0.25, 0.3) is 0 Å². The Morgan fingerprint density at radius 3 is 1.64 bits per heavy atom. The van der Waals surface area contributed by atoms with E-state index < -0.39 is 13.9 Å². The first-order chi connectivity index (χ1) is 24.1. The fourth-order valence-corrected chi connectivity index (χ4v) is 6.01. The predicted molar refractivity (Wildman–Crippen MR) is 210 cm³/mol. The van der Waals surface area contributed by atoms with Gasteiger partial charge in [-0.05, 0) is 51.4 Å². The van der Waals surface area contributed by atoms with E-state index in [1.54, 1.807) is 0 Å². The van der Waals surface area contributed by atoms with E-state index in [0.29, 0.717) is 24.1 Å². The molecule has 0 rings (SSSR count). The zero-order chi connectivity index (χ0) is 37.0. The van der Waals surface area contributed by atoms with Gasteiger partial charge in [-0.1, -0.05) is 140 Å². The van der Waals surface area contributed by atoms with Crippen LogP contribution in [0, 0.1) is 0 Å². The van der Waals surface area contributed by atoms with Crippen molar-refractivity contribution in [2.24, 2.45) is 0 Å². The molecule has 0 aliphatic heterocycles. The van der Waals surface area contributed by atoms with E-state index in [2.05, 4.69) is 50.3 Å². The molecular formula is C41H79NO7P+. The molecule has 0 radical (unpaired) electrons. The zero-order valence-corrected chi connectivity index (χ0v) is 34.0. The summed E-state index contributed by atoms with van der Waals surface area (Å²) in [7, 11) is 1.66. The van der Waals surface area contributed by atoms with Crippen LogP contribution in [0.2, 0.25) is 0 Å². The molecule has 0 heterocycles. The van der Waals surface area contributed by atoms with E-state index in [9.17, 15) is 14.3 Å². The molecule has 50 heavy (non-hydrogen) atoms. The van der Waals surface area contributed by atoms with Crippen LogP contribution >= 0.6 is 7.82 Å². The summed E-state index contributed by atoms with van der Waals surface area (Å²) in [5, 5.41) is 0. The standard InChI is InChI=1S/C41H78NO7P/c1-6-8-10-12-14-15-16-17-18-19-20-21-22-23-24-25-26-27-28-29-31-33-36-46-38-40(49-41(43)34-32-30-13-11-9-7-2)39-48-50(44,45)47-37-35-42(3,4)5/h16-17,19-20,22-23,40H,6-15,18,21,24-39H2,1-5H3/p+1/b17-16-,20-19-,23-22-. The van der Waals surface area contributed by atoms with Crippen molar-refractivity contribution in [3.05, 3.63) is 36.5 Å². The van der Waals surface area contributed by atoms with Crippen molar-refractivity contribution in [2.75, 3.05) is 54.1 Å². The minimum Gasteiger partial charge on any atom is -0.457 e. The third kappa shape index (κ3) is 38.0. The summed E-state index contributed by atoms with van der Waals surface area (Å²) >= 11 is 0. The van der Waals surface area contributed by atoms with Gasteiger partial charge in [0.1, 0.15) is 19.3 Å². The van der Waals surface area contributed by atoms with Gasteiger partial charge in [-0.2, -0.15) is 0 Å². The van der Waals surface area contributed by atoms with Gasteiger partial charge in [0.2, 0.25) is 0 Å². The molecule has 0 saturated carbocycles. The smallest absolute Gasteiger partial charge is 0.457 e. The van der Waals surface area contributed by atoms with E-state index in [0.717, 1.165) is 51.4 Å². The van der Waals surface area contributed by atoms with Gasteiger partial charge in [0, 0.05) is 13.0 Å². The van der Waals surface area contributed by atoms with Crippen molar-refractivity contribution in [1.82, 2.24) is 0 Å². The molecule has 0 fully saturated rings. The van der Waals surface area contributed by atoms with Crippen LogP contribution in [0.5, 0.6) is 0 Å². The van der Waals surface area contributed by atoms with Crippen LogP contribution < -0.4 is 0 Å². The van der Waals surface area contributed by atoms with Crippen LogP contribution in [-0.2, 0) is 27.9 Å². The maximum atomic E-state index is 12.5. The molecular weight excluding hydrogens is 649 g/mol. The summed E-state index contributed by atoms with van der Waals surface area (Å²) in [6.07, 6.45) is 39.2. The minimum absolute atomic E-state index is 0.0863. The van der Waals surface area contributed by atoms with Gasteiger partial charge in [-0.3, -0.25) is 13.8 Å².